The Morgan fingerprint density at radius 1 is 1.21 bits per heavy atom. The van der Waals surface area contributed by atoms with Gasteiger partial charge in [0.25, 0.3) is 0 Å². The molecule has 2 aromatic carbocycles. The fourth-order valence-electron chi connectivity index (χ4n) is 7.15. The minimum atomic E-state index is -0.942. The van der Waals surface area contributed by atoms with Gasteiger partial charge >= 0.3 is 0 Å². The highest BCUT2D eigenvalue weighted by molar-refractivity contribution is 6.30. The van der Waals surface area contributed by atoms with E-state index in [1.54, 1.807) is 0 Å². The summed E-state index contributed by atoms with van der Waals surface area (Å²) < 4.78 is 12.7. The Morgan fingerprint density at radius 3 is 2.91 bits per heavy atom. The van der Waals surface area contributed by atoms with Crippen molar-refractivity contribution in [1.29, 1.82) is 0 Å². The molecule has 33 heavy (non-hydrogen) atoms. The normalized spacial score (nSPS) is 34.1. The number of ketones is 1. The van der Waals surface area contributed by atoms with E-state index >= 15 is 0 Å². The van der Waals surface area contributed by atoms with Crippen LogP contribution in [-0.4, -0.2) is 46.6 Å². The number of hydrogen-bond acceptors (Lipinski definition) is 5. The van der Waals surface area contributed by atoms with Gasteiger partial charge in [0.15, 0.2) is 23.4 Å². The molecule has 1 saturated heterocycles. The van der Waals surface area contributed by atoms with Crippen molar-refractivity contribution in [3.8, 4) is 11.5 Å². The van der Waals surface area contributed by atoms with E-state index in [9.17, 15) is 9.90 Å². The fourth-order valence-corrected chi connectivity index (χ4v) is 7.37. The zero-order valence-corrected chi connectivity index (χ0v) is 19.3. The average Bonchev–Trinajstić information content (AvgIpc) is 3.54. The van der Waals surface area contributed by atoms with E-state index in [2.05, 4.69) is 11.0 Å². The molecule has 7 rings (SSSR count). The number of carbonyl (C=O) groups is 1. The smallest absolute Gasteiger partial charge is 0.174 e. The molecule has 1 spiro atoms. The Kier molecular flexibility index (Phi) is 4.29. The maximum Gasteiger partial charge on any atom is 0.174 e. The first-order valence-corrected chi connectivity index (χ1v) is 12.6. The zero-order chi connectivity index (χ0) is 22.4. The van der Waals surface area contributed by atoms with E-state index in [1.807, 2.05) is 30.3 Å². The van der Waals surface area contributed by atoms with Crippen LogP contribution in [0, 0.1) is 5.92 Å². The Balaban J connectivity index is 1.31. The summed E-state index contributed by atoms with van der Waals surface area (Å²) in [6.07, 6.45) is 4.41. The van der Waals surface area contributed by atoms with Gasteiger partial charge in [0, 0.05) is 29.6 Å². The van der Waals surface area contributed by atoms with Crippen molar-refractivity contribution in [3.63, 3.8) is 0 Å². The maximum atomic E-state index is 13.2. The monoisotopic (exact) mass is 465 g/mol. The topological polar surface area (TPSA) is 59.0 Å². The lowest BCUT2D eigenvalue weighted by Crippen LogP contribution is -2.76. The van der Waals surface area contributed by atoms with Crippen LogP contribution in [0.5, 0.6) is 11.5 Å². The Hall–Kier alpha value is -2.08. The number of hydrogen-bond donors (Lipinski definition) is 1. The molecule has 172 valence electrons. The molecule has 2 aliphatic heterocycles. The standard InChI is InChI=1S/C27H28ClNO4/c28-19-3-1-2-17(12-19)15-32-21-7-6-18-13-22-27(31)9-8-20(30)25-26(27,23(18)24(21)33-25)10-11-29(22)14-16-4-5-16/h1-3,6-7,12,16,22,25,31H,4-5,8-11,13-15H2/t22-,25+,26+,27-/m1/s1. The molecule has 5 aliphatic rings. The second kappa shape index (κ2) is 6.97. The third-order valence-electron chi connectivity index (χ3n) is 8.83. The van der Waals surface area contributed by atoms with E-state index in [0.29, 0.717) is 36.0 Å². The van der Waals surface area contributed by atoms with Gasteiger partial charge in [-0.1, -0.05) is 29.8 Å². The van der Waals surface area contributed by atoms with Crippen LogP contribution >= 0.6 is 11.6 Å². The molecule has 6 heteroatoms. The molecular weight excluding hydrogens is 438 g/mol. The Bertz CT molecular complexity index is 1160. The van der Waals surface area contributed by atoms with E-state index in [4.69, 9.17) is 21.1 Å². The highest BCUT2D eigenvalue weighted by Gasteiger charge is 2.73. The number of rotatable bonds is 5. The van der Waals surface area contributed by atoms with Crippen molar-refractivity contribution in [1.82, 2.24) is 4.90 Å². The molecule has 0 aromatic heterocycles. The lowest BCUT2D eigenvalue weighted by atomic mass is 9.49. The lowest BCUT2D eigenvalue weighted by molar-refractivity contribution is -0.188. The first-order chi connectivity index (χ1) is 16.0. The summed E-state index contributed by atoms with van der Waals surface area (Å²) in [6, 6.07) is 11.8. The summed E-state index contributed by atoms with van der Waals surface area (Å²) in [5.74, 6) is 2.19. The molecule has 2 saturated carbocycles. The summed E-state index contributed by atoms with van der Waals surface area (Å²) in [5, 5.41) is 13.0. The number of ether oxygens (including phenoxy) is 2. The largest absolute Gasteiger partial charge is 0.485 e. The van der Waals surface area contributed by atoms with Crippen LogP contribution in [0.4, 0.5) is 0 Å². The van der Waals surface area contributed by atoms with Gasteiger partial charge in [0.1, 0.15) is 6.61 Å². The predicted octanol–water partition coefficient (Wildman–Crippen LogP) is 4.05. The summed E-state index contributed by atoms with van der Waals surface area (Å²) in [6.45, 7) is 2.33. The number of carbonyl (C=O) groups excluding carboxylic acids is 1. The molecule has 2 aromatic rings. The molecule has 1 N–H and O–H groups in total. The van der Waals surface area contributed by atoms with Crippen LogP contribution in [0.3, 0.4) is 0 Å². The first kappa shape index (κ1) is 20.3. The minimum absolute atomic E-state index is 0.0442. The fraction of sp³-hybridized carbons (Fsp3) is 0.519. The van der Waals surface area contributed by atoms with Crippen molar-refractivity contribution in [2.24, 2.45) is 5.92 Å². The van der Waals surface area contributed by atoms with Crippen molar-refractivity contribution >= 4 is 17.4 Å². The van der Waals surface area contributed by atoms with Crippen LogP contribution in [0.25, 0.3) is 0 Å². The summed E-state index contributed by atoms with van der Waals surface area (Å²) in [7, 11) is 0. The van der Waals surface area contributed by atoms with Crippen LogP contribution in [-0.2, 0) is 23.2 Å². The molecule has 0 amide bonds. The first-order valence-electron chi connectivity index (χ1n) is 12.2. The summed E-state index contributed by atoms with van der Waals surface area (Å²) >= 11 is 6.13. The molecule has 2 heterocycles. The average molecular weight is 466 g/mol. The predicted molar refractivity (Wildman–Crippen MR) is 124 cm³/mol. The molecule has 2 bridgehead atoms. The van der Waals surface area contributed by atoms with E-state index in [0.717, 1.165) is 43.0 Å². The van der Waals surface area contributed by atoms with Crippen molar-refractivity contribution in [3.05, 3.63) is 58.1 Å². The number of likely N-dealkylation sites (tertiary alicyclic amines) is 1. The van der Waals surface area contributed by atoms with Gasteiger partial charge in [-0.2, -0.15) is 0 Å². The van der Waals surface area contributed by atoms with Gasteiger partial charge in [-0.3, -0.25) is 9.69 Å². The third-order valence-corrected chi connectivity index (χ3v) is 9.06. The second-order valence-electron chi connectivity index (χ2n) is 10.6. The van der Waals surface area contributed by atoms with Crippen LogP contribution < -0.4 is 9.47 Å². The molecule has 5 nitrogen and oxygen atoms in total. The Morgan fingerprint density at radius 2 is 2.09 bits per heavy atom. The van der Waals surface area contributed by atoms with Gasteiger partial charge in [-0.15, -0.1) is 0 Å². The quantitative estimate of drug-likeness (QED) is 0.721. The summed E-state index contributed by atoms with van der Waals surface area (Å²) in [5.41, 5.74) is 1.61. The molecule has 0 unspecified atom stereocenters. The lowest BCUT2D eigenvalue weighted by Gasteiger charge is -2.62. The SMILES string of the molecule is O=C1CC[C@@]2(O)[C@H]3Cc4ccc(OCc5cccc(Cl)c5)c5c4[C@@]2(CCN3CC2CC2)[C@H]1O5. The number of benzene rings is 2. The van der Waals surface area contributed by atoms with E-state index in [1.165, 1.54) is 18.4 Å². The van der Waals surface area contributed by atoms with Crippen LogP contribution in [0.15, 0.2) is 36.4 Å². The van der Waals surface area contributed by atoms with Gasteiger partial charge in [-0.25, -0.2) is 0 Å². The molecule has 3 fully saturated rings. The second-order valence-corrected chi connectivity index (χ2v) is 11.1. The van der Waals surface area contributed by atoms with Crippen LogP contribution in [0.1, 0.15) is 48.8 Å². The number of piperidine rings is 1. The van der Waals surface area contributed by atoms with Gasteiger partial charge in [-0.05, 0) is 73.9 Å². The van der Waals surface area contributed by atoms with Gasteiger partial charge in [0.2, 0.25) is 0 Å². The Labute approximate surface area is 198 Å². The van der Waals surface area contributed by atoms with Crippen molar-refractivity contribution in [2.75, 3.05) is 13.1 Å². The van der Waals surface area contributed by atoms with Crippen molar-refractivity contribution < 1.29 is 19.4 Å². The number of halogens is 1. The number of Topliss-reactive ketones (excluding diaryl/α,β-unsaturated/α-hetero) is 1. The van der Waals surface area contributed by atoms with Gasteiger partial charge < -0.3 is 14.6 Å². The molecule has 3 aliphatic carbocycles. The maximum absolute atomic E-state index is 13.2. The van der Waals surface area contributed by atoms with E-state index < -0.39 is 17.1 Å². The molecule has 0 radical (unpaired) electrons. The minimum Gasteiger partial charge on any atom is -0.485 e. The van der Waals surface area contributed by atoms with E-state index in [-0.39, 0.29) is 11.8 Å². The highest BCUT2D eigenvalue weighted by atomic mass is 35.5. The van der Waals surface area contributed by atoms with Crippen LogP contribution in [0.2, 0.25) is 5.02 Å². The van der Waals surface area contributed by atoms with Crippen molar-refractivity contribution in [2.45, 2.75) is 68.3 Å². The molecular formula is C27H28ClNO4. The molecule has 4 atom stereocenters. The summed E-state index contributed by atoms with van der Waals surface area (Å²) in [4.78, 5) is 15.7. The third kappa shape index (κ3) is 2.76. The van der Waals surface area contributed by atoms with Gasteiger partial charge in [0.05, 0.1) is 11.0 Å². The highest BCUT2D eigenvalue weighted by Crippen LogP contribution is 2.65. The number of nitrogens with zero attached hydrogens (tertiary/aromatic N) is 1. The zero-order valence-electron chi connectivity index (χ0n) is 18.6. The number of aliphatic hydroxyl groups is 1.